The fourth-order valence-electron chi connectivity index (χ4n) is 2.01. The van der Waals surface area contributed by atoms with Gasteiger partial charge in [-0.3, -0.25) is 0 Å². The molecular formula is C10H9ClN6S. The van der Waals surface area contributed by atoms with Crippen molar-refractivity contribution in [1.29, 1.82) is 5.26 Å². The van der Waals surface area contributed by atoms with Crippen LogP contribution >= 0.6 is 23.1 Å². The summed E-state index contributed by atoms with van der Waals surface area (Å²) in [5.41, 5.74) is 0.422. The zero-order valence-corrected chi connectivity index (χ0v) is 10.9. The minimum Gasteiger partial charge on any atom is -0.370 e. The van der Waals surface area contributed by atoms with Crippen LogP contribution in [0.4, 0.5) is 5.00 Å². The van der Waals surface area contributed by atoms with Crippen molar-refractivity contribution in [3.05, 3.63) is 22.9 Å². The molecule has 18 heavy (non-hydrogen) atoms. The number of aryl methyl sites for hydroxylation is 1. The molecule has 1 N–H and O–H groups in total. The van der Waals surface area contributed by atoms with Gasteiger partial charge in [-0.25, -0.2) is 9.67 Å². The first kappa shape index (κ1) is 11.4. The molecule has 2 aromatic rings. The summed E-state index contributed by atoms with van der Waals surface area (Å²) in [4.78, 5) is 4.18. The van der Waals surface area contributed by atoms with Crippen LogP contribution in [0.2, 0.25) is 5.15 Å². The average Bonchev–Trinajstić information content (AvgIpc) is 2.96. The molecule has 6 nitrogen and oxygen atoms in total. The lowest BCUT2D eigenvalue weighted by Gasteiger charge is -2.23. The van der Waals surface area contributed by atoms with Crippen LogP contribution in [0, 0.1) is 11.3 Å². The lowest BCUT2D eigenvalue weighted by molar-refractivity contribution is 0.442. The van der Waals surface area contributed by atoms with E-state index in [1.54, 1.807) is 6.33 Å². The van der Waals surface area contributed by atoms with Gasteiger partial charge in [-0.05, 0) is 18.0 Å². The van der Waals surface area contributed by atoms with E-state index < -0.39 is 0 Å². The van der Waals surface area contributed by atoms with E-state index in [2.05, 4.69) is 25.8 Å². The van der Waals surface area contributed by atoms with Crippen LogP contribution in [0.15, 0.2) is 6.33 Å². The number of fused-ring (bicyclic) bond motifs is 1. The molecular weight excluding hydrogens is 272 g/mol. The summed E-state index contributed by atoms with van der Waals surface area (Å²) in [5.74, 6) is 1.01. The van der Waals surface area contributed by atoms with E-state index in [0.29, 0.717) is 5.56 Å². The summed E-state index contributed by atoms with van der Waals surface area (Å²) in [5, 5.41) is 17.5. The largest absolute Gasteiger partial charge is 0.370 e. The van der Waals surface area contributed by atoms with Gasteiger partial charge in [-0.2, -0.15) is 14.7 Å². The minimum absolute atomic E-state index is 0.225. The highest BCUT2D eigenvalue weighted by atomic mass is 35.5. The Morgan fingerprint density at radius 3 is 3.33 bits per heavy atom. The highest BCUT2D eigenvalue weighted by Gasteiger charge is 2.22. The van der Waals surface area contributed by atoms with Gasteiger partial charge in [0.25, 0.3) is 0 Å². The molecule has 3 rings (SSSR count). The molecule has 1 aliphatic rings. The molecule has 1 unspecified atom stereocenters. The maximum Gasteiger partial charge on any atom is 0.162 e. The SMILES string of the molecule is N#Cc1c(Cl)nsc1NC1CCc2ncnn2C1. The zero-order valence-electron chi connectivity index (χ0n) is 9.30. The lowest BCUT2D eigenvalue weighted by atomic mass is 10.1. The maximum absolute atomic E-state index is 9.01. The van der Waals surface area contributed by atoms with Crippen molar-refractivity contribution in [3.63, 3.8) is 0 Å². The monoisotopic (exact) mass is 280 g/mol. The fraction of sp³-hybridized carbons (Fsp3) is 0.400. The van der Waals surface area contributed by atoms with Crippen LogP contribution in [-0.2, 0) is 13.0 Å². The average molecular weight is 281 g/mol. The first-order valence-electron chi connectivity index (χ1n) is 5.46. The van der Waals surface area contributed by atoms with Crippen molar-refractivity contribution in [2.24, 2.45) is 0 Å². The number of nitrogens with zero attached hydrogens (tertiary/aromatic N) is 5. The number of rotatable bonds is 2. The highest BCUT2D eigenvalue weighted by Crippen LogP contribution is 2.29. The Bertz CT molecular complexity index is 612. The van der Waals surface area contributed by atoms with E-state index >= 15 is 0 Å². The van der Waals surface area contributed by atoms with Crippen molar-refractivity contribution in [2.45, 2.75) is 25.4 Å². The predicted octanol–water partition coefficient (Wildman–Crippen LogP) is 1.69. The molecule has 0 fully saturated rings. The Morgan fingerprint density at radius 1 is 1.61 bits per heavy atom. The number of hydrogen-bond acceptors (Lipinski definition) is 6. The molecule has 0 saturated heterocycles. The van der Waals surface area contributed by atoms with Gasteiger partial charge < -0.3 is 5.32 Å². The molecule has 3 heterocycles. The van der Waals surface area contributed by atoms with Crippen molar-refractivity contribution in [3.8, 4) is 6.07 Å². The molecule has 0 aliphatic carbocycles. The number of halogens is 1. The van der Waals surface area contributed by atoms with Crippen LogP contribution in [0.5, 0.6) is 0 Å². The van der Waals surface area contributed by atoms with E-state index in [9.17, 15) is 0 Å². The van der Waals surface area contributed by atoms with Gasteiger partial charge in [-0.15, -0.1) is 0 Å². The second-order valence-electron chi connectivity index (χ2n) is 4.03. The minimum atomic E-state index is 0.225. The molecule has 0 aromatic carbocycles. The molecule has 2 aromatic heterocycles. The van der Waals surface area contributed by atoms with Gasteiger partial charge in [0.2, 0.25) is 0 Å². The Balaban J connectivity index is 1.77. The molecule has 0 radical (unpaired) electrons. The summed E-state index contributed by atoms with van der Waals surface area (Å²) < 4.78 is 5.86. The Kier molecular flexibility index (Phi) is 2.89. The van der Waals surface area contributed by atoms with Gasteiger partial charge >= 0.3 is 0 Å². The molecule has 1 atom stereocenters. The van der Waals surface area contributed by atoms with E-state index in [1.807, 2.05) is 4.68 Å². The zero-order chi connectivity index (χ0) is 12.5. The van der Waals surface area contributed by atoms with E-state index in [1.165, 1.54) is 11.5 Å². The molecule has 1 aliphatic heterocycles. The third kappa shape index (κ3) is 1.94. The van der Waals surface area contributed by atoms with Gasteiger partial charge in [0, 0.05) is 12.5 Å². The number of anilines is 1. The van der Waals surface area contributed by atoms with Crippen LogP contribution in [0.1, 0.15) is 17.8 Å². The molecule has 0 amide bonds. The highest BCUT2D eigenvalue weighted by molar-refractivity contribution is 7.10. The summed E-state index contributed by atoms with van der Waals surface area (Å²) in [6, 6.07) is 2.29. The van der Waals surface area contributed by atoms with E-state index in [0.717, 1.165) is 30.2 Å². The predicted molar refractivity (Wildman–Crippen MR) is 67.6 cm³/mol. The van der Waals surface area contributed by atoms with Crippen LogP contribution in [-0.4, -0.2) is 25.2 Å². The van der Waals surface area contributed by atoms with Gasteiger partial charge in [0.15, 0.2) is 5.15 Å². The number of aromatic nitrogens is 4. The smallest absolute Gasteiger partial charge is 0.162 e. The second kappa shape index (κ2) is 4.55. The Labute approximate surface area is 112 Å². The normalized spacial score (nSPS) is 18.1. The van der Waals surface area contributed by atoms with Crippen LogP contribution in [0.25, 0.3) is 0 Å². The summed E-state index contributed by atoms with van der Waals surface area (Å²) in [6.45, 7) is 0.746. The number of hydrogen-bond donors (Lipinski definition) is 1. The van der Waals surface area contributed by atoms with Crippen molar-refractivity contribution in [2.75, 3.05) is 5.32 Å². The summed E-state index contributed by atoms with van der Waals surface area (Å²) >= 11 is 7.05. The van der Waals surface area contributed by atoms with Gasteiger partial charge in [0.1, 0.15) is 28.8 Å². The number of nitrogens with one attached hydrogen (secondary N) is 1. The standard InChI is InChI=1S/C10H9ClN6S/c11-9-7(3-12)10(18-16-9)15-6-1-2-8-13-5-14-17(8)4-6/h5-6,15H,1-2,4H2. The van der Waals surface area contributed by atoms with Gasteiger partial charge in [-0.1, -0.05) is 11.6 Å². The topological polar surface area (TPSA) is 79.4 Å². The first-order valence-corrected chi connectivity index (χ1v) is 6.61. The quantitative estimate of drug-likeness (QED) is 0.905. The van der Waals surface area contributed by atoms with Crippen LogP contribution in [0.3, 0.4) is 0 Å². The molecule has 0 spiro atoms. The Hall–Kier alpha value is -1.65. The van der Waals surface area contributed by atoms with Crippen molar-refractivity contribution < 1.29 is 0 Å². The number of nitriles is 1. The van der Waals surface area contributed by atoms with E-state index in [4.69, 9.17) is 16.9 Å². The van der Waals surface area contributed by atoms with Crippen molar-refractivity contribution in [1.82, 2.24) is 19.1 Å². The third-order valence-electron chi connectivity index (χ3n) is 2.90. The van der Waals surface area contributed by atoms with E-state index in [-0.39, 0.29) is 11.2 Å². The molecule has 8 heteroatoms. The molecule has 0 saturated carbocycles. The summed E-state index contributed by atoms with van der Waals surface area (Å²) in [6.07, 6.45) is 3.41. The second-order valence-corrected chi connectivity index (χ2v) is 5.16. The first-order chi connectivity index (χ1) is 8.78. The molecule has 0 bridgehead atoms. The van der Waals surface area contributed by atoms with Gasteiger partial charge in [0.05, 0.1) is 6.54 Å². The van der Waals surface area contributed by atoms with Crippen molar-refractivity contribution >= 4 is 28.1 Å². The maximum atomic E-state index is 9.01. The van der Waals surface area contributed by atoms with Crippen LogP contribution < -0.4 is 5.32 Å². The third-order valence-corrected chi connectivity index (χ3v) is 4.06. The lowest BCUT2D eigenvalue weighted by Crippen LogP contribution is -2.31. The fourth-order valence-corrected chi connectivity index (χ4v) is 3.02. The Morgan fingerprint density at radius 2 is 2.50 bits per heavy atom. The summed E-state index contributed by atoms with van der Waals surface area (Å²) in [7, 11) is 0. The molecule has 92 valence electrons.